The molecule has 0 amide bonds. The third-order valence-electron chi connectivity index (χ3n) is 14.7. The van der Waals surface area contributed by atoms with Gasteiger partial charge in [0.15, 0.2) is 31.3 Å². The molecule has 4 aromatic heterocycles. The molecule has 0 spiro atoms. The van der Waals surface area contributed by atoms with Gasteiger partial charge in [0.2, 0.25) is 11.2 Å². The standard InChI is InChI=1S/C29H35ClN8O3S.C15H25N3O.C14H11Cl2N5O2S.CH4/c1-18-14-24(26(41-4)15-25(18)38-12-8-19(9-13-38)37(2)3)35-29-33-16-21(30)28(36-29)34-22-6-7-23-27(32-11-10-31-23)20(22)17-42(5,39)40;1-11-9-13(16)15(19-4)10-14(11)18-7-5-12(6-8-18)17(2)3;1-24(22,23)7-8-10(2-3-11-12(8)18-5-4-17-11)20-13-9(15)6-19-14(16)21-13;/h6-7,10-11,14-16,19H,8-9,12-13,17H2,1-5H3,(H2,33,34,35,36);9-10,12H,5-8,16H2,1-4H3;2-6H,7H2,1H3,(H,19,20,21);1H4. The molecule has 22 nitrogen and oxygen atoms in total. The lowest BCUT2D eigenvalue weighted by Gasteiger charge is -2.37. The van der Waals surface area contributed by atoms with Crippen LogP contribution in [0.5, 0.6) is 11.5 Å². The van der Waals surface area contributed by atoms with Gasteiger partial charge in [0, 0.05) is 122 Å². The Balaban J connectivity index is 0.000000203. The fourth-order valence-corrected chi connectivity index (χ4v) is 12.4. The monoisotopic (exact) mass is 1270 g/mol. The van der Waals surface area contributed by atoms with Gasteiger partial charge in [0.05, 0.1) is 71.6 Å². The molecular weight excluding hydrogens is 1200 g/mol. The highest BCUT2D eigenvalue weighted by atomic mass is 35.5. The zero-order chi connectivity index (χ0) is 61.3. The van der Waals surface area contributed by atoms with E-state index in [4.69, 9.17) is 50.0 Å². The molecule has 0 radical (unpaired) electrons. The maximum atomic E-state index is 12.3. The number of nitrogens with zero attached hydrogens (tertiary/aromatic N) is 12. The van der Waals surface area contributed by atoms with Gasteiger partial charge >= 0.3 is 0 Å². The molecule has 0 unspecified atom stereocenters. The van der Waals surface area contributed by atoms with E-state index in [2.05, 4.69) is 130 Å². The number of sulfone groups is 2. The van der Waals surface area contributed by atoms with Gasteiger partial charge in [-0.2, -0.15) is 9.97 Å². The summed E-state index contributed by atoms with van der Waals surface area (Å²) in [5.74, 6) is 1.89. The molecule has 6 heterocycles. The number of ether oxygens (including phenoxy) is 2. The summed E-state index contributed by atoms with van der Waals surface area (Å²) < 4.78 is 59.3. The Labute approximate surface area is 519 Å². The molecule has 86 heavy (non-hydrogen) atoms. The molecule has 460 valence electrons. The number of piperidine rings is 2. The molecule has 8 aromatic rings. The summed E-state index contributed by atoms with van der Waals surface area (Å²) in [5, 5.41) is 9.99. The van der Waals surface area contributed by atoms with Gasteiger partial charge in [-0.3, -0.25) is 19.9 Å². The fourth-order valence-electron chi connectivity index (χ4n) is 10.3. The Morgan fingerprint density at radius 3 is 1.47 bits per heavy atom. The van der Waals surface area contributed by atoms with E-state index in [1.807, 2.05) is 12.1 Å². The smallest absolute Gasteiger partial charge is 0.229 e. The lowest BCUT2D eigenvalue weighted by Crippen LogP contribution is -2.42. The van der Waals surface area contributed by atoms with Gasteiger partial charge in [0.25, 0.3) is 0 Å². The van der Waals surface area contributed by atoms with Gasteiger partial charge < -0.3 is 50.8 Å². The van der Waals surface area contributed by atoms with E-state index in [1.165, 1.54) is 55.1 Å². The van der Waals surface area contributed by atoms with E-state index < -0.39 is 19.7 Å². The number of aryl methyl sites for hydroxylation is 2. The largest absolute Gasteiger partial charge is 0.495 e. The molecular formula is C59H75Cl3N16O6S2. The summed E-state index contributed by atoms with van der Waals surface area (Å²) in [5.41, 5.74) is 16.2. The first-order valence-corrected chi connectivity index (χ1v) is 32.4. The number of methoxy groups -OCH3 is 2. The Morgan fingerprint density at radius 2 is 1.01 bits per heavy atom. The van der Waals surface area contributed by atoms with Crippen LogP contribution in [0.25, 0.3) is 22.1 Å². The maximum Gasteiger partial charge on any atom is 0.229 e. The average molecular weight is 1270 g/mol. The molecule has 2 saturated heterocycles. The molecule has 0 bridgehead atoms. The summed E-state index contributed by atoms with van der Waals surface area (Å²) in [6.45, 7) is 8.35. The van der Waals surface area contributed by atoms with Crippen molar-refractivity contribution in [3.05, 3.63) is 123 Å². The van der Waals surface area contributed by atoms with Crippen molar-refractivity contribution in [2.45, 2.75) is 70.5 Å². The van der Waals surface area contributed by atoms with E-state index in [-0.39, 0.29) is 40.1 Å². The molecule has 5 N–H and O–H groups in total. The van der Waals surface area contributed by atoms with Crippen LogP contribution in [0.15, 0.2) is 85.7 Å². The highest BCUT2D eigenvalue weighted by Crippen LogP contribution is 2.38. The SMILES string of the molecule is C.COc1cc(N2CCC(N(C)C)CC2)c(C)cc1N.COc1cc(N2CCC(N(C)C)CC2)c(C)cc1Nc1ncc(Cl)c(Nc2ccc3nccnc3c2CS(C)(=O)=O)n1.CS(=O)(=O)Cc1c(Nc2nc(Cl)ncc2Cl)ccc2nccnc12. The maximum absolute atomic E-state index is 12.3. The number of fused-ring (bicyclic) bond motifs is 2. The predicted octanol–water partition coefficient (Wildman–Crippen LogP) is 10.7. The second kappa shape index (κ2) is 29.0. The number of benzene rings is 4. The van der Waals surface area contributed by atoms with Crippen molar-refractivity contribution in [2.24, 2.45) is 0 Å². The first-order chi connectivity index (χ1) is 40.4. The van der Waals surface area contributed by atoms with Crippen LogP contribution < -0.4 is 41.0 Å². The van der Waals surface area contributed by atoms with Crippen molar-refractivity contribution in [1.82, 2.24) is 49.7 Å². The van der Waals surface area contributed by atoms with Crippen molar-refractivity contribution in [3.8, 4) is 11.5 Å². The number of anilines is 9. The summed E-state index contributed by atoms with van der Waals surface area (Å²) in [6.07, 6.45) is 16.0. The summed E-state index contributed by atoms with van der Waals surface area (Å²) in [7, 11) is 5.24. The molecule has 0 aliphatic carbocycles. The lowest BCUT2D eigenvalue weighted by molar-refractivity contribution is 0.249. The van der Waals surface area contributed by atoms with Crippen molar-refractivity contribution in [2.75, 3.05) is 113 Å². The van der Waals surface area contributed by atoms with Gasteiger partial charge in [-0.1, -0.05) is 30.6 Å². The van der Waals surface area contributed by atoms with Crippen molar-refractivity contribution < 1.29 is 26.3 Å². The van der Waals surface area contributed by atoms with Crippen LogP contribution in [0, 0.1) is 13.8 Å². The van der Waals surface area contributed by atoms with Crippen molar-refractivity contribution >= 4 is 128 Å². The second-order valence-corrected chi connectivity index (χ2v) is 26.8. The van der Waals surface area contributed by atoms with Gasteiger partial charge in [-0.05, 0) is 127 Å². The highest BCUT2D eigenvalue weighted by molar-refractivity contribution is 7.90. The molecule has 2 aliphatic rings. The van der Waals surface area contributed by atoms with Gasteiger partial charge in [0.1, 0.15) is 21.5 Å². The number of nitrogens with two attached hydrogens (primary N) is 1. The lowest BCUT2D eigenvalue weighted by atomic mass is 10.0. The average Bonchev–Trinajstić information content (AvgIpc) is 3.53. The number of nitrogen functional groups attached to an aromatic ring is 1. The first-order valence-electron chi connectivity index (χ1n) is 27.2. The van der Waals surface area contributed by atoms with Crippen LogP contribution in [0.4, 0.5) is 51.7 Å². The normalized spacial score (nSPS) is 14.0. The number of rotatable bonds is 16. The minimum atomic E-state index is -3.38. The van der Waals surface area contributed by atoms with Gasteiger partial charge in [-0.25, -0.2) is 26.8 Å². The third kappa shape index (κ3) is 17.1. The minimum Gasteiger partial charge on any atom is -0.495 e. The van der Waals surface area contributed by atoms with Crippen LogP contribution in [-0.4, -0.2) is 160 Å². The Morgan fingerprint density at radius 1 is 0.581 bits per heavy atom. The van der Waals surface area contributed by atoms with Crippen LogP contribution in [0.1, 0.15) is 55.4 Å². The quantitative estimate of drug-likeness (QED) is 0.0517. The highest BCUT2D eigenvalue weighted by Gasteiger charge is 2.26. The molecule has 27 heteroatoms. The van der Waals surface area contributed by atoms with Crippen LogP contribution in [0.2, 0.25) is 15.3 Å². The minimum absolute atomic E-state index is 0. The number of nitrogens with one attached hydrogen (secondary N) is 3. The van der Waals surface area contributed by atoms with E-state index in [0.29, 0.717) is 85.5 Å². The number of hydrogen-bond donors (Lipinski definition) is 4. The van der Waals surface area contributed by atoms with E-state index in [1.54, 1.807) is 50.9 Å². The molecule has 10 rings (SSSR count). The molecule has 2 fully saturated rings. The van der Waals surface area contributed by atoms with E-state index in [0.717, 1.165) is 62.3 Å². The number of aromatic nitrogens is 8. The van der Waals surface area contributed by atoms with Crippen molar-refractivity contribution in [3.63, 3.8) is 0 Å². The zero-order valence-electron chi connectivity index (χ0n) is 49.2. The van der Waals surface area contributed by atoms with Crippen LogP contribution in [0.3, 0.4) is 0 Å². The zero-order valence-corrected chi connectivity index (χ0v) is 53.1. The molecule has 0 saturated carbocycles. The van der Waals surface area contributed by atoms with E-state index in [9.17, 15) is 16.8 Å². The summed E-state index contributed by atoms with van der Waals surface area (Å²) in [4.78, 5) is 43.4. The fraction of sp³-hybridized carbons (Fsp3) is 0.390. The first kappa shape index (κ1) is 66.3. The Bertz CT molecular complexity index is 3910. The summed E-state index contributed by atoms with van der Waals surface area (Å²) in [6, 6.07) is 16.4. The second-order valence-electron chi connectivity index (χ2n) is 21.4. The Kier molecular flexibility index (Phi) is 22.4. The van der Waals surface area contributed by atoms with Crippen molar-refractivity contribution in [1.29, 1.82) is 0 Å². The van der Waals surface area contributed by atoms with Crippen LogP contribution in [-0.2, 0) is 31.2 Å². The number of halogens is 3. The summed E-state index contributed by atoms with van der Waals surface area (Å²) >= 11 is 18.3. The number of hydrogen-bond acceptors (Lipinski definition) is 22. The molecule has 0 atom stereocenters. The topological polar surface area (TPSA) is 265 Å². The predicted molar refractivity (Wildman–Crippen MR) is 350 cm³/mol. The Hall–Kier alpha value is -7.19. The van der Waals surface area contributed by atoms with Gasteiger partial charge in [-0.15, -0.1) is 0 Å². The molecule has 4 aromatic carbocycles. The van der Waals surface area contributed by atoms with Crippen LogP contribution >= 0.6 is 34.8 Å². The third-order valence-corrected chi connectivity index (χ3v) is 17.0. The molecule has 2 aliphatic heterocycles. The van der Waals surface area contributed by atoms with E-state index >= 15 is 0 Å².